The second-order valence-corrected chi connectivity index (χ2v) is 6.49. The van der Waals surface area contributed by atoms with Crippen molar-refractivity contribution in [2.45, 2.75) is 39.7 Å². The Balaban J connectivity index is 2.57. The fourth-order valence-corrected chi connectivity index (χ4v) is 1.94. The first-order chi connectivity index (χ1) is 9.10. The number of nitrogens with zero attached hydrogens (tertiary/aromatic N) is 2. The Bertz CT molecular complexity index is 408. The first-order valence-electron chi connectivity index (χ1n) is 6.97. The molecule has 1 aliphatic rings. The van der Waals surface area contributed by atoms with Gasteiger partial charge in [-0.15, -0.1) is 0 Å². The molecule has 1 atom stereocenters. The van der Waals surface area contributed by atoms with Gasteiger partial charge in [-0.25, -0.2) is 4.79 Å². The van der Waals surface area contributed by atoms with Gasteiger partial charge in [-0.1, -0.05) is 0 Å². The van der Waals surface area contributed by atoms with Crippen LogP contribution < -0.4 is 0 Å². The van der Waals surface area contributed by atoms with Gasteiger partial charge in [-0.05, 0) is 34.1 Å². The Labute approximate surface area is 121 Å². The van der Waals surface area contributed by atoms with Crippen LogP contribution >= 0.6 is 0 Å². The number of amides is 1. The van der Waals surface area contributed by atoms with Crippen molar-refractivity contribution in [2.75, 3.05) is 27.2 Å². The smallest absolute Gasteiger partial charge is 0.410 e. The normalized spacial score (nSPS) is 20.0. The lowest BCUT2D eigenvalue weighted by Gasteiger charge is -2.24. The predicted molar refractivity (Wildman–Crippen MR) is 78.4 cm³/mol. The molecule has 114 valence electrons. The summed E-state index contributed by atoms with van der Waals surface area (Å²) in [5, 5.41) is 0. The summed E-state index contributed by atoms with van der Waals surface area (Å²) in [4.78, 5) is 27.6. The minimum Gasteiger partial charge on any atom is -0.444 e. The van der Waals surface area contributed by atoms with E-state index in [0.29, 0.717) is 19.5 Å². The van der Waals surface area contributed by atoms with Crippen molar-refractivity contribution in [1.82, 2.24) is 9.80 Å². The molecule has 5 nitrogen and oxygen atoms in total. The van der Waals surface area contributed by atoms with E-state index in [-0.39, 0.29) is 17.8 Å². The van der Waals surface area contributed by atoms with Crippen LogP contribution in [0.4, 0.5) is 4.79 Å². The van der Waals surface area contributed by atoms with Crippen LogP contribution in [0.15, 0.2) is 11.8 Å². The minimum absolute atomic E-state index is 0.0854. The van der Waals surface area contributed by atoms with Crippen LogP contribution in [0.5, 0.6) is 0 Å². The molecule has 1 fully saturated rings. The van der Waals surface area contributed by atoms with Crippen LogP contribution in [0.3, 0.4) is 0 Å². The fourth-order valence-electron chi connectivity index (χ4n) is 1.94. The topological polar surface area (TPSA) is 49.9 Å². The highest BCUT2D eigenvalue weighted by Gasteiger charge is 2.32. The number of allylic oxidation sites excluding steroid dienone is 2. The molecule has 0 saturated carbocycles. The van der Waals surface area contributed by atoms with Gasteiger partial charge in [-0.2, -0.15) is 0 Å². The summed E-state index contributed by atoms with van der Waals surface area (Å²) in [5.74, 6) is -0.0281. The van der Waals surface area contributed by atoms with Crippen molar-refractivity contribution in [1.29, 1.82) is 0 Å². The number of carbonyl (C=O) groups excluding carboxylic acids is 2. The first kappa shape index (κ1) is 16.5. The summed E-state index contributed by atoms with van der Waals surface area (Å²) >= 11 is 0. The second kappa shape index (κ2) is 6.29. The summed E-state index contributed by atoms with van der Waals surface area (Å²) in [6.07, 6.45) is 2.03. The van der Waals surface area contributed by atoms with Gasteiger partial charge in [0.2, 0.25) is 0 Å². The number of rotatable bonds is 3. The van der Waals surface area contributed by atoms with Gasteiger partial charge in [0, 0.05) is 44.9 Å². The van der Waals surface area contributed by atoms with Crippen LogP contribution in [-0.2, 0) is 9.53 Å². The van der Waals surface area contributed by atoms with Gasteiger partial charge in [0.05, 0.1) is 0 Å². The average molecular weight is 282 g/mol. The molecule has 0 spiro atoms. The molecule has 0 bridgehead atoms. The van der Waals surface area contributed by atoms with Gasteiger partial charge in [0.25, 0.3) is 0 Å². The number of ether oxygens (including phenoxy) is 1. The zero-order valence-corrected chi connectivity index (χ0v) is 13.4. The van der Waals surface area contributed by atoms with Gasteiger partial charge < -0.3 is 14.5 Å². The summed E-state index contributed by atoms with van der Waals surface area (Å²) in [6.45, 7) is 8.45. The Kier molecular flexibility index (Phi) is 5.20. The molecule has 0 aromatic rings. The van der Waals surface area contributed by atoms with Crippen LogP contribution in [0, 0.1) is 5.92 Å². The quantitative estimate of drug-likeness (QED) is 0.745. The van der Waals surface area contributed by atoms with E-state index < -0.39 is 5.60 Å². The van der Waals surface area contributed by atoms with E-state index in [9.17, 15) is 9.59 Å². The highest BCUT2D eigenvalue weighted by Crippen LogP contribution is 2.21. The van der Waals surface area contributed by atoms with E-state index >= 15 is 0 Å². The molecule has 1 rings (SSSR count). The summed E-state index contributed by atoms with van der Waals surface area (Å²) in [6, 6.07) is 0. The molecular weight excluding hydrogens is 256 g/mol. The third kappa shape index (κ3) is 4.87. The van der Waals surface area contributed by atoms with Crippen LogP contribution in [0.1, 0.15) is 34.1 Å². The van der Waals surface area contributed by atoms with E-state index in [1.807, 2.05) is 46.7 Å². The molecule has 1 saturated heterocycles. The van der Waals surface area contributed by atoms with Crippen molar-refractivity contribution >= 4 is 11.9 Å². The summed E-state index contributed by atoms with van der Waals surface area (Å²) in [5.41, 5.74) is 0.423. The average Bonchev–Trinajstić information content (AvgIpc) is 2.75. The lowest BCUT2D eigenvalue weighted by molar-refractivity contribution is -0.117. The monoisotopic (exact) mass is 282 g/mol. The van der Waals surface area contributed by atoms with Crippen molar-refractivity contribution in [2.24, 2.45) is 5.92 Å². The third-order valence-corrected chi connectivity index (χ3v) is 3.30. The van der Waals surface area contributed by atoms with Crippen LogP contribution in [0.25, 0.3) is 0 Å². The van der Waals surface area contributed by atoms with E-state index in [0.717, 1.165) is 5.70 Å². The molecule has 1 aliphatic heterocycles. The SMILES string of the molecule is C/C(=C\C(=O)C1CCN(C(=O)OC(C)(C)C)C1)N(C)C. The second-order valence-electron chi connectivity index (χ2n) is 6.49. The van der Waals surface area contributed by atoms with E-state index in [4.69, 9.17) is 4.74 Å². The molecule has 5 heteroatoms. The Morgan fingerprint density at radius 2 is 1.90 bits per heavy atom. The van der Waals surface area contributed by atoms with Crippen LogP contribution in [-0.4, -0.2) is 54.5 Å². The zero-order valence-electron chi connectivity index (χ0n) is 13.4. The molecule has 1 unspecified atom stereocenters. The Morgan fingerprint density at radius 3 is 2.40 bits per heavy atom. The van der Waals surface area contributed by atoms with Crippen molar-refractivity contribution < 1.29 is 14.3 Å². The van der Waals surface area contributed by atoms with Gasteiger partial charge in [0.1, 0.15) is 5.60 Å². The lowest BCUT2D eigenvalue weighted by Crippen LogP contribution is -2.35. The molecule has 0 aliphatic carbocycles. The van der Waals surface area contributed by atoms with Crippen LogP contribution in [0.2, 0.25) is 0 Å². The minimum atomic E-state index is -0.499. The zero-order chi connectivity index (χ0) is 15.5. The first-order valence-corrected chi connectivity index (χ1v) is 6.97. The van der Waals surface area contributed by atoms with E-state index in [1.165, 1.54) is 0 Å². The molecule has 0 aromatic heterocycles. The maximum atomic E-state index is 12.1. The molecule has 1 amide bonds. The van der Waals surface area contributed by atoms with Crippen molar-refractivity contribution in [3.8, 4) is 0 Å². The Morgan fingerprint density at radius 1 is 1.30 bits per heavy atom. The van der Waals surface area contributed by atoms with Gasteiger partial charge in [-0.3, -0.25) is 4.79 Å². The molecular formula is C15H26N2O3. The molecule has 0 radical (unpaired) electrons. The number of hydrogen-bond donors (Lipinski definition) is 0. The predicted octanol–water partition coefficient (Wildman–Crippen LogP) is 2.28. The van der Waals surface area contributed by atoms with Crippen molar-refractivity contribution in [3.05, 3.63) is 11.8 Å². The number of ketones is 1. The molecule has 0 N–H and O–H groups in total. The molecule has 0 aromatic carbocycles. The molecule has 20 heavy (non-hydrogen) atoms. The summed E-state index contributed by atoms with van der Waals surface area (Å²) in [7, 11) is 3.81. The number of carbonyl (C=O) groups is 2. The lowest BCUT2D eigenvalue weighted by atomic mass is 10.0. The number of hydrogen-bond acceptors (Lipinski definition) is 4. The maximum absolute atomic E-state index is 12.1. The van der Waals surface area contributed by atoms with E-state index in [2.05, 4.69) is 0 Å². The fraction of sp³-hybridized carbons (Fsp3) is 0.733. The Hall–Kier alpha value is -1.52. The summed E-state index contributed by atoms with van der Waals surface area (Å²) < 4.78 is 5.32. The molecule has 1 heterocycles. The van der Waals surface area contributed by atoms with E-state index in [1.54, 1.807) is 11.0 Å². The highest BCUT2D eigenvalue weighted by atomic mass is 16.6. The maximum Gasteiger partial charge on any atom is 0.410 e. The third-order valence-electron chi connectivity index (χ3n) is 3.30. The van der Waals surface area contributed by atoms with Gasteiger partial charge >= 0.3 is 6.09 Å². The largest absolute Gasteiger partial charge is 0.444 e. The highest BCUT2D eigenvalue weighted by molar-refractivity contribution is 5.93. The van der Waals surface area contributed by atoms with Gasteiger partial charge in [0.15, 0.2) is 5.78 Å². The number of likely N-dealkylation sites (tertiary alicyclic amines) is 1. The van der Waals surface area contributed by atoms with Crippen molar-refractivity contribution in [3.63, 3.8) is 0 Å². The standard InChI is InChI=1S/C15H26N2O3/c1-11(16(5)6)9-13(18)12-7-8-17(10-12)14(19)20-15(2,3)4/h9,12H,7-8,10H2,1-6H3/b11-9+.